The van der Waals surface area contributed by atoms with Gasteiger partial charge in [0, 0.05) is 12.4 Å². The summed E-state index contributed by atoms with van der Waals surface area (Å²) in [4.78, 5) is 8.06. The lowest BCUT2D eigenvalue weighted by atomic mass is 10.6. The van der Waals surface area contributed by atoms with E-state index in [1.807, 2.05) is 0 Å². The van der Waals surface area contributed by atoms with Gasteiger partial charge in [0.05, 0.1) is 10.7 Å². The monoisotopic (exact) mass is 273 g/mol. The van der Waals surface area contributed by atoms with E-state index in [0.29, 0.717) is 11.0 Å². The zero-order valence-electron chi connectivity index (χ0n) is 6.85. The van der Waals surface area contributed by atoms with Crippen LogP contribution in [0.4, 0.5) is 5.82 Å². The summed E-state index contributed by atoms with van der Waals surface area (Å²) in [5.41, 5.74) is 5.48. The molecule has 0 aromatic carbocycles. The summed E-state index contributed by atoms with van der Waals surface area (Å²) < 4.78 is 2.22. The largest absolute Gasteiger partial charge is 0.381 e. The summed E-state index contributed by atoms with van der Waals surface area (Å²) in [6.07, 6.45) is 4.79. The quantitative estimate of drug-likeness (QED) is 0.858. The maximum Gasteiger partial charge on any atom is 0.250 e. The summed E-state index contributed by atoms with van der Waals surface area (Å²) in [7, 11) is 0. The third-order valence-electron chi connectivity index (χ3n) is 1.51. The molecular weight excluding hydrogens is 269 g/mol. The number of hydrogen-bond acceptors (Lipinski definition) is 4. The normalized spacial score (nSPS) is 10.4. The summed E-state index contributed by atoms with van der Waals surface area (Å²) in [5, 5.41) is 4.32. The third-order valence-corrected chi connectivity index (χ3v) is 2.21. The number of rotatable bonds is 1. The van der Waals surface area contributed by atoms with Gasteiger partial charge in [-0.05, 0) is 15.9 Å². The lowest BCUT2D eigenvalue weighted by Crippen LogP contribution is -2.01. The van der Waals surface area contributed by atoms with Crippen LogP contribution in [-0.4, -0.2) is 19.7 Å². The van der Waals surface area contributed by atoms with Crippen molar-refractivity contribution < 1.29 is 0 Å². The highest BCUT2D eigenvalue weighted by Gasteiger charge is 2.05. The Morgan fingerprint density at radius 1 is 1.36 bits per heavy atom. The molecule has 7 heteroatoms. The number of nitrogens with zero attached hydrogens (tertiary/aromatic N) is 4. The summed E-state index contributed by atoms with van der Waals surface area (Å²) in [5.74, 6) is 0.685. The van der Waals surface area contributed by atoms with Crippen LogP contribution < -0.4 is 5.73 Å². The lowest BCUT2D eigenvalue weighted by molar-refractivity contribution is 0.810. The van der Waals surface area contributed by atoms with Crippen LogP contribution >= 0.6 is 27.5 Å². The Balaban J connectivity index is 2.44. The van der Waals surface area contributed by atoms with Crippen molar-refractivity contribution in [3.63, 3.8) is 0 Å². The van der Waals surface area contributed by atoms with Crippen LogP contribution in [0.1, 0.15) is 0 Å². The molecule has 0 amide bonds. The molecule has 2 aromatic rings. The minimum Gasteiger partial charge on any atom is -0.381 e. The van der Waals surface area contributed by atoms with Crippen molar-refractivity contribution in [3.05, 3.63) is 28.1 Å². The third kappa shape index (κ3) is 1.71. The molecule has 2 N–H and O–H groups in total. The predicted octanol–water partition coefficient (Wildman–Crippen LogP) is 1.66. The number of nitrogens with two attached hydrogens (primary N) is 1. The van der Waals surface area contributed by atoms with Gasteiger partial charge < -0.3 is 5.73 Å². The Labute approximate surface area is 93.0 Å². The minimum absolute atomic E-state index is 0.262. The molecule has 0 saturated heterocycles. The predicted molar refractivity (Wildman–Crippen MR) is 56.3 cm³/mol. The molecule has 0 spiro atoms. The van der Waals surface area contributed by atoms with Crippen molar-refractivity contribution in [1.29, 1.82) is 0 Å². The van der Waals surface area contributed by atoms with E-state index in [2.05, 4.69) is 31.0 Å². The SMILES string of the molecule is Nc1nn(-c2ncc(Br)cn2)cc1Cl. The van der Waals surface area contributed by atoms with E-state index in [-0.39, 0.29) is 5.82 Å². The highest BCUT2D eigenvalue weighted by atomic mass is 79.9. The molecule has 2 rings (SSSR count). The van der Waals surface area contributed by atoms with Gasteiger partial charge in [-0.2, -0.15) is 0 Å². The fourth-order valence-corrected chi connectivity index (χ4v) is 1.23. The maximum atomic E-state index is 5.74. The summed E-state index contributed by atoms with van der Waals surface area (Å²) in [6, 6.07) is 0. The van der Waals surface area contributed by atoms with Crippen LogP contribution in [0.3, 0.4) is 0 Å². The summed E-state index contributed by atoms with van der Waals surface area (Å²) >= 11 is 8.97. The van der Waals surface area contributed by atoms with E-state index in [9.17, 15) is 0 Å². The van der Waals surface area contributed by atoms with E-state index < -0.39 is 0 Å². The van der Waals surface area contributed by atoms with Gasteiger partial charge in [-0.1, -0.05) is 11.6 Å². The maximum absolute atomic E-state index is 5.74. The molecule has 0 saturated carbocycles. The molecule has 5 nitrogen and oxygen atoms in total. The standard InChI is InChI=1S/C7H5BrClN5/c8-4-1-11-7(12-2-4)14-3-5(9)6(10)13-14/h1-3H,(H2,10,13). The second-order valence-electron chi connectivity index (χ2n) is 2.51. The lowest BCUT2D eigenvalue weighted by Gasteiger charge is -1.96. The zero-order valence-corrected chi connectivity index (χ0v) is 9.20. The average molecular weight is 275 g/mol. The Morgan fingerprint density at radius 3 is 2.50 bits per heavy atom. The first-order valence-electron chi connectivity index (χ1n) is 3.65. The molecule has 0 aliphatic heterocycles. The van der Waals surface area contributed by atoms with E-state index in [1.165, 1.54) is 4.68 Å². The number of halogens is 2. The van der Waals surface area contributed by atoms with Crippen LogP contribution in [0, 0.1) is 0 Å². The van der Waals surface area contributed by atoms with Gasteiger partial charge in [-0.3, -0.25) is 0 Å². The van der Waals surface area contributed by atoms with E-state index in [0.717, 1.165) is 4.47 Å². The van der Waals surface area contributed by atoms with Crippen molar-refractivity contribution in [2.24, 2.45) is 0 Å². The smallest absolute Gasteiger partial charge is 0.250 e. The second kappa shape index (κ2) is 3.55. The highest BCUT2D eigenvalue weighted by Crippen LogP contribution is 2.17. The molecule has 2 heterocycles. The molecule has 72 valence electrons. The van der Waals surface area contributed by atoms with Crippen LogP contribution in [0.15, 0.2) is 23.1 Å². The average Bonchev–Trinajstić information content (AvgIpc) is 2.48. The van der Waals surface area contributed by atoms with Crippen molar-refractivity contribution in [2.75, 3.05) is 5.73 Å². The molecule has 0 aliphatic carbocycles. The van der Waals surface area contributed by atoms with Gasteiger partial charge in [-0.25, -0.2) is 14.6 Å². The van der Waals surface area contributed by atoms with Crippen molar-refractivity contribution in [2.45, 2.75) is 0 Å². The Hall–Kier alpha value is -1.14. The van der Waals surface area contributed by atoms with Gasteiger partial charge in [0.2, 0.25) is 0 Å². The zero-order chi connectivity index (χ0) is 10.1. The first kappa shape index (κ1) is 9.42. The molecule has 0 unspecified atom stereocenters. The fraction of sp³-hybridized carbons (Fsp3) is 0. The first-order chi connectivity index (χ1) is 6.66. The molecule has 0 fully saturated rings. The molecular formula is C7H5BrClN5. The van der Waals surface area contributed by atoms with Crippen LogP contribution in [-0.2, 0) is 0 Å². The van der Waals surface area contributed by atoms with E-state index >= 15 is 0 Å². The number of nitrogen functional groups attached to an aromatic ring is 1. The van der Waals surface area contributed by atoms with Crippen LogP contribution in [0.2, 0.25) is 5.02 Å². The summed E-state index contributed by atoms with van der Waals surface area (Å²) in [6.45, 7) is 0. The second-order valence-corrected chi connectivity index (χ2v) is 3.83. The van der Waals surface area contributed by atoms with Crippen molar-refractivity contribution in [3.8, 4) is 5.95 Å². The molecule has 14 heavy (non-hydrogen) atoms. The molecule has 2 aromatic heterocycles. The van der Waals surface area contributed by atoms with E-state index in [1.54, 1.807) is 18.6 Å². The van der Waals surface area contributed by atoms with Crippen molar-refractivity contribution >= 4 is 33.3 Å². The van der Waals surface area contributed by atoms with Gasteiger partial charge in [-0.15, -0.1) is 5.10 Å². The van der Waals surface area contributed by atoms with Gasteiger partial charge in [0.25, 0.3) is 5.95 Å². The molecule has 0 atom stereocenters. The Kier molecular flexibility index (Phi) is 2.39. The van der Waals surface area contributed by atoms with Crippen LogP contribution in [0.5, 0.6) is 0 Å². The topological polar surface area (TPSA) is 69.6 Å². The molecule has 0 aliphatic rings. The van der Waals surface area contributed by atoms with E-state index in [4.69, 9.17) is 17.3 Å². The number of hydrogen-bond donors (Lipinski definition) is 1. The minimum atomic E-state index is 0.262. The first-order valence-corrected chi connectivity index (χ1v) is 4.82. The molecule has 0 radical (unpaired) electrons. The number of anilines is 1. The van der Waals surface area contributed by atoms with Gasteiger partial charge in [0.15, 0.2) is 5.82 Å². The van der Waals surface area contributed by atoms with Crippen molar-refractivity contribution in [1.82, 2.24) is 19.7 Å². The Morgan fingerprint density at radius 2 is 2.00 bits per heavy atom. The molecule has 0 bridgehead atoms. The highest BCUT2D eigenvalue weighted by molar-refractivity contribution is 9.10. The Bertz CT molecular complexity index is 432. The number of aromatic nitrogens is 4. The fourth-order valence-electron chi connectivity index (χ4n) is 0.892. The van der Waals surface area contributed by atoms with Gasteiger partial charge >= 0.3 is 0 Å². The van der Waals surface area contributed by atoms with Crippen LogP contribution in [0.25, 0.3) is 5.95 Å². The van der Waals surface area contributed by atoms with Gasteiger partial charge in [0.1, 0.15) is 5.02 Å².